The minimum absolute atomic E-state index is 0.00632. The van der Waals surface area contributed by atoms with Crippen LogP contribution in [-0.4, -0.2) is 31.0 Å². The molecule has 0 aliphatic carbocycles. The minimum Gasteiger partial charge on any atom is -0.495 e. The number of nitrogens with one attached hydrogen (secondary N) is 1. The van der Waals surface area contributed by atoms with E-state index in [9.17, 15) is 9.18 Å². The van der Waals surface area contributed by atoms with Crippen molar-refractivity contribution < 1.29 is 13.9 Å². The van der Waals surface area contributed by atoms with Gasteiger partial charge in [0.1, 0.15) is 11.6 Å². The molecule has 1 saturated heterocycles. The zero-order valence-electron chi connectivity index (χ0n) is 14.7. The molecule has 6 heteroatoms. The van der Waals surface area contributed by atoms with Crippen LogP contribution in [0.4, 0.5) is 10.1 Å². The Balaban J connectivity index is 1.54. The number of amides is 1. The third-order valence-electron chi connectivity index (χ3n) is 4.73. The smallest absolute Gasteiger partial charge is 0.227 e. The van der Waals surface area contributed by atoms with Crippen molar-refractivity contribution in [3.8, 4) is 5.75 Å². The first kappa shape index (κ1) is 18.7. The van der Waals surface area contributed by atoms with Crippen LogP contribution in [0.15, 0.2) is 42.5 Å². The molecule has 0 radical (unpaired) electrons. The van der Waals surface area contributed by atoms with E-state index in [1.807, 2.05) is 24.3 Å². The second-order valence-corrected chi connectivity index (χ2v) is 6.91. The normalized spacial score (nSPS) is 15.7. The van der Waals surface area contributed by atoms with Gasteiger partial charge in [-0.1, -0.05) is 29.8 Å². The average molecular weight is 377 g/mol. The van der Waals surface area contributed by atoms with Gasteiger partial charge in [0.2, 0.25) is 5.91 Å². The van der Waals surface area contributed by atoms with Crippen LogP contribution in [-0.2, 0) is 11.3 Å². The van der Waals surface area contributed by atoms with Gasteiger partial charge in [0.05, 0.1) is 12.8 Å². The maximum atomic E-state index is 13.9. The molecule has 3 rings (SSSR count). The highest BCUT2D eigenvalue weighted by Crippen LogP contribution is 2.26. The number of carbonyl (C=O) groups is 1. The van der Waals surface area contributed by atoms with Gasteiger partial charge in [0, 0.05) is 23.0 Å². The molecule has 2 aromatic carbocycles. The van der Waals surface area contributed by atoms with Gasteiger partial charge >= 0.3 is 0 Å². The van der Waals surface area contributed by atoms with Crippen molar-refractivity contribution in [2.45, 2.75) is 19.4 Å². The molecule has 4 nitrogen and oxygen atoms in total. The standard InChI is InChI=1S/C20H22ClFN2O2/c1-26-19-5-3-2-4-18(19)23-20(25)14-8-10-24(11-9-14)13-15-6-7-16(21)12-17(15)22/h2-7,12,14H,8-11,13H2,1H3,(H,23,25). The lowest BCUT2D eigenvalue weighted by Crippen LogP contribution is -2.38. The Morgan fingerprint density at radius 1 is 1.27 bits per heavy atom. The molecule has 1 aliphatic heterocycles. The van der Waals surface area contributed by atoms with Crippen molar-refractivity contribution >= 4 is 23.2 Å². The second kappa shape index (κ2) is 8.52. The van der Waals surface area contributed by atoms with Crippen molar-refractivity contribution in [3.63, 3.8) is 0 Å². The number of methoxy groups -OCH3 is 1. The monoisotopic (exact) mass is 376 g/mol. The average Bonchev–Trinajstić information content (AvgIpc) is 2.65. The molecule has 1 N–H and O–H groups in total. The molecule has 0 unspecified atom stereocenters. The number of likely N-dealkylation sites (tertiary alicyclic amines) is 1. The van der Waals surface area contributed by atoms with Gasteiger partial charge < -0.3 is 10.1 Å². The van der Waals surface area contributed by atoms with Gasteiger partial charge in [-0.05, 0) is 50.2 Å². The number of ether oxygens (including phenoxy) is 1. The Bertz CT molecular complexity index is 776. The van der Waals surface area contributed by atoms with E-state index in [0.717, 1.165) is 25.9 Å². The van der Waals surface area contributed by atoms with E-state index >= 15 is 0 Å². The van der Waals surface area contributed by atoms with Crippen molar-refractivity contribution in [1.82, 2.24) is 4.90 Å². The SMILES string of the molecule is COc1ccccc1NC(=O)C1CCN(Cc2ccc(Cl)cc2F)CC1. The Morgan fingerprint density at radius 2 is 2.00 bits per heavy atom. The first-order chi connectivity index (χ1) is 12.6. The van der Waals surface area contributed by atoms with Crippen LogP contribution in [0, 0.1) is 11.7 Å². The van der Waals surface area contributed by atoms with Crippen molar-refractivity contribution in [1.29, 1.82) is 0 Å². The number of hydrogen-bond acceptors (Lipinski definition) is 3. The van der Waals surface area contributed by atoms with E-state index < -0.39 is 0 Å². The molecule has 26 heavy (non-hydrogen) atoms. The summed E-state index contributed by atoms with van der Waals surface area (Å²) in [6, 6.07) is 12.1. The minimum atomic E-state index is -0.284. The lowest BCUT2D eigenvalue weighted by molar-refractivity contribution is -0.121. The zero-order valence-corrected chi connectivity index (χ0v) is 15.4. The first-order valence-corrected chi connectivity index (χ1v) is 9.05. The van der Waals surface area contributed by atoms with Crippen LogP contribution >= 0.6 is 11.6 Å². The van der Waals surface area contributed by atoms with Gasteiger partial charge in [-0.25, -0.2) is 4.39 Å². The molecular formula is C20H22ClFN2O2. The summed E-state index contributed by atoms with van der Waals surface area (Å²) in [5.74, 6) is 0.322. The maximum Gasteiger partial charge on any atom is 0.227 e. The van der Waals surface area contributed by atoms with Gasteiger partial charge in [-0.3, -0.25) is 9.69 Å². The number of piperidine rings is 1. The fourth-order valence-corrected chi connectivity index (χ4v) is 3.39. The number of anilines is 1. The lowest BCUT2D eigenvalue weighted by Gasteiger charge is -2.31. The number of para-hydroxylation sites is 2. The summed E-state index contributed by atoms with van der Waals surface area (Å²) in [5.41, 5.74) is 1.32. The lowest BCUT2D eigenvalue weighted by atomic mass is 9.95. The largest absolute Gasteiger partial charge is 0.495 e. The summed E-state index contributed by atoms with van der Waals surface area (Å²) in [5, 5.41) is 3.35. The zero-order chi connectivity index (χ0) is 18.5. The molecule has 0 aromatic heterocycles. The van der Waals surface area contributed by atoms with E-state index in [-0.39, 0.29) is 17.6 Å². The quantitative estimate of drug-likeness (QED) is 0.844. The summed E-state index contributed by atoms with van der Waals surface area (Å²) in [4.78, 5) is 14.7. The molecule has 0 atom stereocenters. The number of halogens is 2. The van der Waals surface area contributed by atoms with Crippen molar-refractivity contribution in [2.24, 2.45) is 5.92 Å². The van der Waals surface area contributed by atoms with E-state index in [2.05, 4.69) is 10.2 Å². The van der Waals surface area contributed by atoms with E-state index in [4.69, 9.17) is 16.3 Å². The molecule has 1 heterocycles. The van der Waals surface area contributed by atoms with Crippen LogP contribution in [0.1, 0.15) is 18.4 Å². The van der Waals surface area contributed by atoms with E-state index in [1.54, 1.807) is 19.2 Å². The van der Waals surface area contributed by atoms with Gasteiger partial charge in [0.15, 0.2) is 0 Å². The van der Waals surface area contributed by atoms with Crippen molar-refractivity contribution in [3.05, 3.63) is 58.9 Å². The van der Waals surface area contributed by atoms with Gasteiger partial charge in [-0.15, -0.1) is 0 Å². The Hall–Kier alpha value is -2.11. The molecule has 0 bridgehead atoms. The Morgan fingerprint density at radius 3 is 2.69 bits per heavy atom. The highest BCUT2D eigenvalue weighted by atomic mass is 35.5. The van der Waals surface area contributed by atoms with E-state index in [0.29, 0.717) is 28.6 Å². The van der Waals surface area contributed by atoms with Crippen LogP contribution < -0.4 is 10.1 Å². The summed E-state index contributed by atoms with van der Waals surface area (Å²) in [7, 11) is 1.58. The van der Waals surface area contributed by atoms with Crippen LogP contribution in [0.3, 0.4) is 0 Å². The number of benzene rings is 2. The number of nitrogens with zero attached hydrogens (tertiary/aromatic N) is 1. The van der Waals surface area contributed by atoms with Crippen LogP contribution in [0.25, 0.3) is 0 Å². The molecule has 0 saturated carbocycles. The number of carbonyl (C=O) groups excluding carboxylic acids is 1. The van der Waals surface area contributed by atoms with Gasteiger partial charge in [0.25, 0.3) is 0 Å². The highest BCUT2D eigenvalue weighted by Gasteiger charge is 2.26. The molecule has 138 valence electrons. The third-order valence-corrected chi connectivity index (χ3v) is 4.97. The second-order valence-electron chi connectivity index (χ2n) is 6.48. The maximum absolute atomic E-state index is 13.9. The summed E-state index contributed by atoms with van der Waals surface area (Å²) >= 11 is 5.79. The molecular weight excluding hydrogens is 355 g/mol. The number of hydrogen-bond donors (Lipinski definition) is 1. The molecule has 1 aliphatic rings. The summed E-state index contributed by atoms with van der Waals surface area (Å²) in [6.07, 6.45) is 1.49. The van der Waals surface area contributed by atoms with Crippen LogP contribution in [0.2, 0.25) is 5.02 Å². The first-order valence-electron chi connectivity index (χ1n) is 8.67. The summed E-state index contributed by atoms with van der Waals surface area (Å²) in [6.45, 7) is 2.04. The summed E-state index contributed by atoms with van der Waals surface area (Å²) < 4.78 is 19.2. The predicted molar refractivity (Wildman–Crippen MR) is 101 cm³/mol. The number of rotatable bonds is 5. The van der Waals surface area contributed by atoms with Gasteiger partial charge in [-0.2, -0.15) is 0 Å². The fraction of sp³-hybridized carbons (Fsp3) is 0.350. The topological polar surface area (TPSA) is 41.6 Å². The Labute approximate surface area is 157 Å². The molecule has 2 aromatic rings. The van der Waals surface area contributed by atoms with E-state index in [1.165, 1.54) is 6.07 Å². The third kappa shape index (κ3) is 4.54. The molecule has 1 fully saturated rings. The molecule has 0 spiro atoms. The highest BCUT2D eigenvalue weighted by molar-refractivity contribution is 6.30. The predicted octanol–water partition coefficient (Wildman–Crippen LogP) is 4.34. The van der Waals surface area contributed by atoms with Crippen molar-refractivity contribution in [2.75, 3.05) is 25.5 Å². The van der Waals surface area contributed by atoms with Crippen LogP contribution in [0.5, 0.6) is 5.75 Å². The fourth-order valence-electron chi connectivity index (χ4n) is 3.23. The Kier molecular flexibility index (Phi) is 6.12. The molecule has 1 amide bonds.